The number of halogens is 1. The molecule has 0 amide bonds. The van der Waals surface area contributed by atoms with Crippen molar-refractivity contribution in [2.75, 3.05) is 11.9 Å². The van der Waals surface area contributed by atoms with Gasteiger partial charge >= 0.3 is 0 Å². The lowest BCUT2D eigenvalue weighted by Gasteiger charge is -2.21. The topological polar surface area (TPSA) is 26.3 Å². The van der Waals surface area contributed by atoms with Gasteiger partial charge in [-0.15, -0.1) is 0 Å². The number of carbonyl (C=O) groups excluding carboxylic acids is 1. The molecule has 0 unspecified atom stereocenters. The van der Waals surface area contributed by atoms with E-state index in [-0.39, 0.29) is 11.2 Å². The van der Waals surface area contributed by atoms with Gasteiger partial charge in [-0.2, -0.15) is 0 Å². The van der Waals surface area contributed by atoms with Crippen LogP contribution < -0.4 is 4.74 Å². The molecule has 0 spiro atoms. The lowest BCUT2D eigenvalue weighted by Crippen LogP contribution is -2.22. The van der Waals surface area contributed by atoms with E-state index in [1.165, 1.54) is 0 Å². The summed E-state index contributed by atoms with van der Waals surface area (Å²) in [5, 5.41) is 0.894. The van der Waals surface area contributed by atoms with E-state index in [2.05, 4.69) is 29.8 Å². The van der Waals surface area contributed by atoms with Crippen LogP contribution in [0.15, 0.2) is 24.3 Å². The number of ketones is 1. The Labute approximate surface area is 105 Å². The monoisotopic (exact) mass is 284 g/mol. The van der Waals surface area contributed by atoms with Crippen LogP contribution >= 0.6 is 15.9 Å². The molecule has 0 saturated carbocycles. The highest BCUT2D eigenvalue weighted by Crippen LogP contribution is 2.21. The summed E-state index contributed by atoms with van der Waals surface area (Å²) in [5.41, 5.74) is 0.825. The molecule has 1 aromatic rings. The van der Waals surface area contributed by atoms with E-state index in [9.17, 15) is 4.79 Å². The molecule has 0 bridgehead atoms. The largest absolute Gasteiger partial charge is 0.493 e. The van der Waals surface area contributed by atoms with Crippen LogP contribution in [0.1, 0.15) is 31.1 Å². The highest BCUT2D eigenvalue weighted by molar-refractivity contribution is 9.09. The Kier molecular flexibility index (Phi) is 4.54. The third kappa shape index (κ3) is 3.97. The van der Waals surface area contributed by atoms with Crippen LogP contribution in [0.3, 0.4) is 0 Å². The first kappa shape index (κ1) is 13.2. The van der Waals surface area contributed by atoms with E-state index >= 15 is 0 Å². The van der Waals surface area contributed by atoms with Gasteiger partial charge in [-0.3, -0.25) is 4.79 Å². The predicted octanol–water partition coefficient (Wildman–Crippen LogP) is 3.69. The van der Waals surface area contributed by atoms with Crippen LogP contribution in [-0.4, -0.2) is 17.7 Å². The Bertz CT molecular complexity index is 355. The Morgan fingerprint density at radius 3 is 2.31 bits per heavy atom. The molecule has 88 valence electrons. The lowest BCUT2D eigenvalue weighted by atomic mass is 9.98. The zero-order valence-electron chi connectivity index (χ0n) is 9.92. The maximum atomic E-state index is 11.1. The minimum atomic E-state index is 0.0762. The standard InChI is InChI=1S/C13H17BrO2/c1-10(15)11-4-6-12(7-5-11)16-9-13(2,3)8-14/h4-7H,8-9H2,1-3H3. The molecule has 0 atom stereocenters. The Morgan fingerprint density at radius 2 is 1.88 bits per heavy atom. The molecular weight excluding hydrogens is 268 g/mol. The predicted molar refractivity (Wildman–Crippen MR) is 69.5 cm³/mol. The molecule has 0 aromatic heterocycles. The molecule has 0 aliphatic carbocycles. The summed E-state index contributed by atoms with van der Waals surface area (Å²) >= 11 is 3.45. The van der Waals surface area contributed by atoms with Gasteiger partial charge in [-0.25, -0.2) is 0 Å². The summed E-state index contributed by atoms with van der Waals surface area (Å²) in [5.74, 6) is 0.881. The van der Waals surface area contributed by atoms with Crippen molar-refractivity contribution in [2.24, 2.45) is 5.41 Å². The maximum Gasteiger partial charge on any atom is 0.159 e. The molecule has 1 aromatic carbocycles. The van der Waals surface area contributed by atoms with E-state index < -0.39 is 0 Å². The molecular formula is C13H17BrO2. The molecule has 0 saturated heterocycles. The quantitative estimate of drug-likeness (QED) is 0.609. The molecule has 3 heteroatoms. The Hall–Kier alpha value is -0.830. The molecule has 0 aliphatic heterocycles. The summed E-state index contributed by atoms with van der Waals surface area (Å²) in [7, 11) is 0. The molecule has 0 aliphatic rings. The van der Waals surface area contributed by atoms with Gasteiger partial charge in [0, 0.05) is 16.3 Å². The average molecular weight is 285 g/mol. The van der Waals surface area contributed by atoms with Crippen molar-refractivity contribution >= 4 is 21.7 Å². The highest BCUT2D eigenvalue weighted by atomic mass is 79.9. The van der Waals surface area contributed by atoms with Crippen LogP contribution in [0.5, 0.6) is 5.75 Å². The van der Waals surface area contributed by atoms with E-state index in [0.717, 1.165) is 11.1 Å². The number of ether oxygens (including phenoxy) is 1. The maximum absolute atomic E-state index is 11.1. The second-order valence-corrected chi connectivity index (χ2v) is 5.23. The summed E-state index contributed by atoms with van der Waals surface area (Å²) < 4.78 is 5.66. The van der Waals surface area contributed by atoms with Crippen molar-refractivity contribution in [3.05, 3.63) is 29.8 Å². The first-order chi connectivity index (χ1) is 7.44. The smallest absolute Gasteiger partial charge is 0.159 e. The number of Topliss-reactive ketones (excluding diaryl/α,β-unsaturated/α-hetero) is 1. The number of carbonyl (C=O) groups is 1. The van der Waals surface area contributed by atoms with Crippen molar-refractivity contribution in [3.8, 4) is 5.75 Å². The Morgan fingerprint density at radius 1 is 1.31 bits per heavy atom. The first-order valence-electron chi connectivity index (χ1n) is 5.24. The number of rotatable bonds is 5. The molecule has 1 rings (SSSR count). The van der Waals surface area contributed by atoms with Crippen LogP contribution in [0, 0.1) is 5.41 Å². The fourth-order valence-corrected chi connectivity index (χ4v) is 1.27. The molecule has 0 fully saturated rings. The van der Waals surface area contributed by atoms with Crippen LogP contribution in [0.4, 0.5) is 0 Å². The van der Waals surface area contributed by atoms with Gasteiger partial charge in [0.15, 0.2) is 5.78 Å². The number of hydrogen-bond acceptors (Lipinski definition) is 2. The van der Waals surface area contributed by atoms with Crippen molar-refractivity contribution in [2.45, 2.75) is 20.8 Å². The number of alkyl halides is 1. The van der Waals surface area contributed by atoms with E-state index in [1.54, 1.807) is 19.1 Å². The minimum Gasteiger partial charge on any atom is -0.493 e. The summed E-state index contributed by atoms with van der Waals surface area (Å²) in [4.78, 5) is 11.1. The van der Waals surface area contributed by atoms with Gasteiger partial charge in [0.05, 0.1) is 6.61 Å². The third-order valence-corrected chi connectivity index (χ3v) is 3.77. The number of benzene rings is 1. The van der Waals surface area contributed by atoms with Crippen molar-refractivity contribution in [1.82, 2.24) is 0 Å². The zero-order chi connectivity index (χ0) is 12.2. The van der Waals surface area contributed by atoms with Crippen molar-refractivity contribution in [1.29, 1.82) is 0 Å². The van der Waals surface area contributed by atoms with E-state index in [0.29, 0.717) is 12.2 Å². The van der Waals surface area contributed by atoms with E-state index in [4.69, 9.17) is 4.74 Å². The molecule has 0 N–H and O–H groups in total. The number of hydrogen-bond donors (Lipinski definition) is 0. The summed E-state index contributed by atoms with van der Waals surface area (Å²) in [6, 6.07) is 7.25. The molecule has 2 nitrogen and oxygen atoms in total. The normalized spacial score (nSPS) is 11.2. The molecule has 0 radical (unpaired) electrons. The third-order valence-electron chi connectivity index (χ3n) is 2.25. The van der Waals surface area contributed by atoms with Crippen molar-refractivity contribution in [3.63, 3.8) is 0 Å². The molecule has 0 heterocycles. The van der Waals surface area contributed by atoms with Gasteiger partial charge in [0.25, 0.3) is 0 Å². The highest BCUT2D eigenvalue weighted by Gasteiger charge is 2.16. The second-order valence-electron chi connectivity index (χ2n) is 4.67. The zero-order valence-corrected chi connectivity index (χ0v) is 11.5. The lowest BCUT2D eigenvalue weighted by molar-refractivity contribution is 0.101. The van der Waals surface area contributed by atoms with Crippen LogP contribution in [0.2, 0.25) is 0 Å². The van der Waals surface area contributed by atoms with E-state index in [1.807, 2.05) is 12.1 Å². The fraction of sp³-hybridized carbons (Fsp3) is 0.462. The summed E-state index contributed by atoms with van der Waals surface area (Å²) in [6.45, 7) is 6.47. The fourth-order valence-electron chi connectivity index (χ4n) is 1.10. The van der Waals surface area contributed by atoms with Crippen molar-refractivity contribution < 1.29 is 9.53 Å². The second kappa shape index (κ2) is 5.48. The van der Waals surface area contributed by atoms with Gasteiger partial charge < -0.3 is 4.74 Å². The van der Waals surface area contributed by atoms with Gasteiger partial charge in [-0.05, 0) is 31.2 Å². The summed E-state index contributed by atoms with van der Waals surface area (Å²) in [6.07, 6.45) is 0. The SMILES string of the molecule is CC(=O)c1ccc(OCC(C)(C)CBr)cc1. The van der Waals surface area contributed by atoms with Gasteiger partial charge in [0.1, 0.15) is 5.75 Å². The van der Waals surface area contributed by atoms with Gasteiger partial charge in [0.2, 0.25) is 0 Å². The van der Waals surface area contributed by atoms with Crippen LogP contribution in [0.25, 0.3) is 0 Å². The Balaban J connectivity index is 2.59. The minimum absolute atomic E-state index is 0.0762. The molecule has 16 heavy (non-hydrogen) atoms. The first-order valence-corrected chi connectivity index (χ1v) is 6.36. The average Bonchev–Trinajstić information content (AvgIpc) is 2.27. The van der Waals surface area contributed by atoms with Gasteiger partial charge in [-0.1, -0.05) is 29.8 Å². The van der Waals surface area contributed by atoms with Crippen LogP contribution in [-0.2, 0) is 0 Å².